The first kappa shape index (κ1) is 14.6. The number of aromatic amines is 1. The van der Waals surface area contributed by atoms with Crippen LogP contribution in [0.4, 0.5) is 0 Å². The highest BCUT2D eigenvalue weighted by Gasteiger charge is 2.11. The van der Waals surface area contributed by atoms with Crippen molar-refractivity contribution in [2.45, 2.75) is 13.1 Å². The number of nitrogens with zero attached hydrogens (tertiary/aromatic N) is 4. The summed E-state index contributed by atoms with van der Waals surface area (Å²) in [6.45, 7) is 1.29. The number of para-hydroxylation sites is 2. The zero-order valence-electron chi connectivity index (χ0n) is 13.4. The Bertz CT molecular complexity index is 921. The van der Waals surface area contributed by atoms with Crippen LogP contribution in [0.2, 0.25) is 0 Å². The van der Waals surface area contributed by atoms with E-state index in [9.17, 15) is 0 Å². The molecule has 6 nitrogen and oxygen atoms in total. The van der Waals surface area contributed by atoms with Crippen molar-refractivity contribution < 1.29 is 0 Å². The average Bonchev–Trinajstić information content (AvgIpc) is 3.18. The number of hydrogen-bond acceptors (Lipinski definition) is 4. The predicted octanol–water partition coefficient (Wildman–Crippen LogP) is 2.65. The molecule has 4 rings (SSSR count). The van der Waals surface area contributed by atoms with Crippen LogP contribution in [0.1, 0.15) is 11.5 Å². The minimum Gasteiger partial charge on any atom is -0.341 e. The van der Waals surface area contributed by atoms with Gasteiger partial charge in [-0.25, -0.2) is 4.98 Å². The molecule has 0 saturated heterocycles. The Hall–Kier alpha value is -2.99. The molecule has 0 saturated carbocycles. The fourth-order valence-electron chi connectivity index (χ4n) is 2.77. The third kappa shape index (κ3) is 2.91. The Balaban J connectivity index is 1.48. The van der Waals surface area contributed by atoms with Crippen LogP contribution in [-0.4, -0.2) is 25.0 Å². The number of fused-ring (bicyclic) bond motifs is 1. The number of benzene rings is 2. The molecular formula is C18H18N6. The minimum absolute atomic E-state index is 0.634. The highest BCUT2D eigenvalue weighted by molar-refractivity contribution is 5.74. The van der Waals surface area contributed by atoms with Gasteiger partial charge in [-0.15, -0.1) is 0 Å². The third-order valence-corrected chi connectivity index (χ3v) is 3.85. The van der Waals surface area contributed by atoms with E-state index in [1.165, 1.54) is 0 Å². The van der Waals surface area contributed by atoms with Crippen LogP contribution >= 0.6 is 0 Å². The first-order chi connectivity index (χ1) is 11.8. The largest absolute Gasteiger partial charge is 0.341 e. The highest BCUT2D eigenvalue weighted by Crippen LogP contribution is 2.19. The summed E-state index contributed by atoms with van der Waals surface area (Å²) in [6, 6.07) is 18.1. The summed E-state index contributed by atoms with van der Waals surface area (Å²) in [7, 11) is 1.84. The first-order valence-corrected chi connectivity index (χ1v) is 7.89. The van der Waals surface area contributed by atoms with Crippen LogP contribution in [-0.2, 0) is 20.1 Å². The summed E-state index contributed by atoms with van der Waals surface area (Å²) in [4.78, 5) is 9.50. The highest BCUT2D eigenvalue weighted by atomic mass is 15.5. The molecule has 0 fully saturated rings. The molecule has 2 heterocycles. The molecule has 120 valence electrons. The second-order valence-electron chi connectivity index (χ2n) is 5.65. The van der Waals surface area contributed by atoms with Gasteiger partial charge in [0.1, 0.15) is 17.2 Å². The van der Waals surface area contributed by atoms with E-state index in [0.29, 0.717) is 13.1 Å². The van der Waals surface area contributed by atoms with Gasteiger partial charge in [0.15, 0.2) is 0 Å². The molecule has 0 aliphatic heterocycles. The number of hydrogen-bond donors (Lipinski definition) is 2. The first-order valence-electron chi connectivity index (χ1n) is 7.89. The topological polar surface area (TPSA) is 71.4 Å². The van der Waals surface area contributed by atoms with Gasteiger partial charge < -0.3 is 10.3 Å². The lowest BCUT2D eigenvalue weighted by atomic mass is 10.1. The standard InChI is InChI=1S/C18H18N6/c1-24-22-16(18(23-24)13-7-3-2-4-8-13)11-19-12-17-20-14-9-5-6-10-15(14)21-17/h2-10,19H,11-12H2,1H3,(H,20,21). The van der Waals surface area contributed by atoms with E-state index in [2.05, 4.69) is 25.5 Å². The van der Waals surface area contributed by atoms with Gasteiger partial charge in [-0.2, -0.15) is 15.0 Å². The molecule has 0 unspecified atom stereocenters. The van der Waals surface area contributed by atoms with Gasteiger partial charge in [-0.3, -0.25) is 0 Å². The second-order valence-corrected chi connectivity index (χ2v) is 5.65. The molecule has 6 heteroatoms. The molecule has 0 radical (unpaired) electrons. The zero-order valence-corrected chi connectivity index (χ0v) is 13.4. The van der Waals surface area contributed by atoms with Gasteiger partial charge in [0, 0.05) is 19.2 Å². The minimum atomic E-state index is 0.634. The van der Waals surface area contributed by atoms with Gasteiger partial charge in [0.25, 0.3) is 0 Å². The molecule has 0 atom stereocenters. The van der Waals surface area contributed by atoms with Gasteiger partial charge in [0.2, 0.25) is 0 Å². The zero-order chi connectivity index (χ0) is 16.4. The van der Waals surface area contributed by atoms with E-state index in [1.54, 1.807) is 4.80 Å². The Morgan fingerprint density at radius 1 is 0.958 bits per heavy atom. The van der Waals surface area contributed by atoms with Crippen molar-refractivity contribution in [3.63, 3.8) is 0 Å². The number of nitrogens with one attached hydrogen (secondary N) is 2. The summed E-state index contributed by atoms with van der Waals surface area (Å²) in [5, 5.41) is 12.3. The predicted molar refractivity (Wildman–Crippen MR) is 93.1 cm³/mol. The van der Waals surface area contributed by atoms with Gasteiger partial charge in [-0.05, 0) is 12.1 Å². The maximum Gasteiger partial charge on any atom is 0.121 e. The van der Waals surface area contributed by atoms with Crippen molar-refractivity contribution >= 4 is 11.0 Å². The van der Waals surface area contributed by atoms with Gasteiger partial charge in [0.05, 0.1) is 17.6 Å². The molecule has 0 bridgehead atoms. The summed E-state index contributed by atoms with van der Waals surface area (Å²) in [6.07, 6.45) is 0. The summed E-state index contributed by atoms with van der Waals surface area (Å²) < 4.78 is 0. The van der Waals surface area contributed by atoms with Crippen LogP contribution in [0.25, 0.3) is 22.3 Å². The van der Waals surface area contributed by atoms with Crippen molar-refractivity contribution in [3.8, 4) is 11.3 Å². The van der Waals surface area contributed by atoms with Crippen molar-refractivity contribution in [2.75, 3.05) is 0 Å². The molecular weight excluding hydrogens is 300 g/mol. The summed E-state index contributed by atoms with van der Waals surface area (Å²) >= 11 is 0. The molecule has 0 amide bonds. The van der Waals surface area contributed by atoms with E-state index < -0.39 is 0 Å². The van der Waals surface area contributed by atoms with Crippen LogP contribution < -0.4 is 5.32 Å². The van der Waals surface area contributed by atoms with Crippen LogP contribution in [0, 0.1) is 0 Å². The molecule has 2 N–H and O–H groups in total. The maximum absolute atomic E-state index is 4.57. The molecule has 0 aliphatic carbocycles. The van der Waals surface area contributed by atoms with Crippen molar-refractivity contribution in [1.29, 1.82) is 0 Å². The van der Waals surface area contributed by atoms with Crippen LogP contribution in [0.5, 0.6) is 0 Å². The molecule has 24 heavy (non-hydrogen) atoms. The Labute approximate surface area is 139 Å². The normalized spacial score (nSPS) is 11.2. The fourth-order valence-corrected chi connectivity index (χ4v) is 2.77. The van der Waals surface area contributed by atoms with E-state index in [0.717, 1.165) is 33.8 Å². The summed E-state index contributed by atoms with van der Waals surface area (Å²) in [5.74, 6) is 0.918. The SMILES string of the molecule is Cn1nc(CNCc2nc3ccccc3[nH]2)c(-c2ccccc2)n1. The van der Waals surface area contributed by atoms with E-state index >= 15 is 0 Å². The number of imidazole rings is 1. The van der Waals surface area contributed by atoms with Crippen LogP contribution in [0.15, 0.2) is 54.6 Å². The Morgan fingerprint density at radius 3 is 2.58 bits per heavy atom. The van der Waals surface area contributed by atoms with Crippen molar-refractivity contribution in [1.82, 2.24) is 30.3 Å². The number of H-pyrrole nitrogens is 1. The number of aryl methyl sites for hydroxylation is 1. The monoisotopic (exact) mass is 318 g/mol. The molecule has 0 spiro atoms. The fraction of sp³-hybridized carbons (Fsp3) is 0.167. The van der Waals surface area contributed by atoms with Gasteiger partial charge >= 0.3 is 0 Å². The van der Waals surface area contributed by atoms with Crippen molar-refractivity contribution in [2.24, 2.45) is 7.05 Å². The molecule has 2 aromatic carbocycles. The van der Waals surface area contributed by atoms with E-state index in [1.807, 2.05) is 61.6 Å². The lowest BCUT2D eigenvalue weighted by Crippen LogP contribution is -2.14. The number of aromatic nitrogens is 5. The Kier molecular flexibility index (Phi) is 3.80. The summed E-state index contributed by atoms with van der Waals surface area (Å²) in [5.41, 5.74) is 4.96. The second kappa shape index (κ2) is 6.25. The maximum atomic E-state index is 4.57. The Morgan fingerprint density at radius 2 is 1.75 bits per heavy atom. The molecule has 4 aromatic rings. The third-order valence-electron chi connectivity index (χ3n) is 3.85. The lowest BCUT2D eigenvalue weighted by molar-refractivity contribution is 0.617. The number of rotatable bonds is 5. The quantitative estimate of drug-likeness (QED) is 0.593. The van der Waals surface area contributed by atoms with Gasteiger partial charge in [-0.1, -0.05) is 42.5 Å². The molecule has 2 aromatic heterocycles. The molecule has 0 aliphatic rings. The average molecular weight is 318 g/mol. The van der Waals surface area contributed by atoms with E-state index in [-0.39, 0.29) is 0 Å². The lowest BCUT2D eigenvalue weighted by Gasteiger charge is -2.02. The van der Waals surface area contributed by atoms with E-state index in [4.69, 9.17) is 0 Å². The van der Waals surface area contributed by atoms with Crippen LogP contribution in [0.3, 0.4) is 0 Å². The smallest absolute Gasteiger partial charge is 0.121 e. The van der Waals surface area contributed by atoms with Crippen molar-refractivity contribution in [3.05, 3.63) is 66.1 Å².